The first-order valence-corrected chi connectivity index (χ1v) is 8.53. The molecule has 1 aromatic rings. The Morgan fingerprint density at radius 1 is 1.29 bits per heavy atom. The zero-order valence-corrected chi connectivity index (χ0v) is 12.9. The molecule has 0 aliphatic carbocycles. The summed E-state index contributed by atoms with van der Waals surface area (Å²) < 4.78 is 26.6. The first kappa shape index (κ1) is 16.0. The molecule has 1 saturated heterocycles. The molecule has 1 fully saturated rings. The number of rotatable bonds is 4. The summed E-state index contributed by atoms with van der Waals surface area (Å²) in [6.07, 6.45) is 2.21. The minimum absolute atomic E-state index is 0.105. The topological polar surface area (TPSA) is 81.4 Å². The van der Waals surface area contributed by atoms with E-state index in [1.807, 2.05) is 13.0 Å². The van der Waals surface area contributed by atoms with Gasteiger partial charge >= 0.3 is 0 Å². The predicted octanol–water partition coefficient (Wildman–Crippen LogP) is 1.73. The Labute approximate surface area is 125 Å². The maximum Gasteiger partial charge on any atom is 0.243 e. The average Bonchev–Trinajstić information content (AvgIpc) is 2.55. The van der Waals surface area contributed by atoms with Gasteiger partial charge < -0.3 is 5.11 Å². The third-order valence-electron chi connectivity index (χ3n) is 4.49. The minimum Gasteiger partial charge on any atom is -0.396 e. The van der Waals surface area contributed by atoms with E-state index in [-0.39, 0.29) is 16.9 Å². The number of hydrogen-bond donors (Lipinski definition) is 1. The molecule has 1 heterocycles. The Morgan fingerprint density at radius 3 is 2.29 bits per heavy atom. The molecule has 5 nitrogen and oxygen atoms in total. The third kappa shape index (κ3) is 3.10. The van der Waals surface area contributed by atoms with Crippen molar-refractivity contribution in [3.8, 4) is 6.07 Å². The molecule has 1 aromatic carbocycles. The second-order valence-corrected chi connectivity index (χ2v) is 7.49. The summed E-state index contributed by atoms with van der Waals surface area (Å²) >= 11 is 0. The molecule has 114 valence electrons. The highest BCUT2D eigenvalue weighted by atomic mass is 32.2. The standard InChI is InChI=1S/C15H20N2O3S/c1-2-15(12-18)7-9-17(10-8-15)21(19,20)14-5-3-13(11-16)4-6-14/h3-6,18H,2,7-10,12H2,1H3. The third-order valence-corrected chi connectivity index (χ3v) is 6.40. The summed E-state index contributed by atoms with van der Waals surface area (Å²) in [4.78, 5) is 0.217. The highest BCUT2D eigenvalue weighted by molar-refractivity contribution is 7.89. The highest BCUT2D eigenvalue weighted by Gasteiger charge is 2.36. The van der Waals surface area contributed by atoms with Crippen molar-refractivity contribution in [2.24, 2.45) is 5.41 Å². The van der Waals surface area contributed by atoms with Gasteiger partial charge in [0.05, 0.1) is 16.5 Å². The lowest BCUT2D eigenvalue weighted by atomic mass is 9.77. The van der Waals surface area contributed by atoms with Gasteiger partial charge in [0.15, 0.2) is 0 Å². The van der Waals surface area contributed by atoms with Gasteiger partial charge in [0, 0.05) is 19.7 Å². The van der Waals surface area contributed by atoms with Crippen molar-refractivity contribution >= 4 is 10.0 Å². The van der Waals surface area contributed by atoms with E-state index in [1.54, 1.807) is 0 Å². The largest absolute Gasteiger partial charge is 0.396 e. The number of nitriles is 1. The van der Waals surface area contributed by atoms with E-state index in [1.165, 1.54) is 28.6 Å². The molecule has 0 spiro atoms. The number of aliphatic hydroxyl groups is 1. The van der Waals surface area contributed by atoms with Crippen molar-refractivity contribution in [2.75, 3.05) is 19.7 Å². The monoisotopic (exact) mass is 308 g/mol. The summed E-state index contributed by atoms with van der Waals surface area (Å²) in [5.41, 5.74) is 0.300. The zero-order valence-electron chi connectivity index (χ0n) is 12.1. The molecule has 1 aliphatic rings. The number of hydrogen-bond acceptors (Lipinski definition) is 4. The number of benzene rings is 1. The second kappa shape index (κ2) is 6.14. The normalized spacial score (nSPS) is 19.1. The number of sulfonamides is 1. The van der Waals surface area contributed by atoms with Crippen LogP contribution in [0.2, 0.25) is 0 Å². The molecular weight excluding hydrogens is 288 g/mol. The minimum atomic E-state index is -3.51. The molecule has 0 unspecified atom stereocenters. The molecule has 0 atom stereocenters. The van der Waals surface area contributed by atoms with E-state index in [9.17, 15) is 13.5 Å². The maximum absolute atomic E-state index is 12.6. The van der Waals surface area contributed by atoms with Gasteiger partial charge in [0.25, 0.3) is 0 Å². The fraction of sp³-hybridized carbons (Fsp3) is 0.533. The van der Waals surface area contributed by atoms with Crippen LogP contribution in [0.1, 0.15) is 31.7 Å². The van der Waals surface area contributed by atoms with Gasteiger partial charge in [-0.1, -0.05) is 6.92 Å². The van der Waals surface area contributed by atoms with Gasteiger partial charge in [0.1, 0.15) is 0 Å². The van der Waals surface area contributed by atoms with Crippen molar-refractivity contribution in [2.45, 2.75) is 31.1 Å². The quantitative estimate of drug-likeness (QED) is 0.918. The average molecular weight is 308 g/mol. The SMILES string of the molecule is CCC1(CO)CCN(S(=O)(=O)c2ccc(C#N)cc2)CC1. The molecule has 0 radical (unpaired) electrons. The van der Waals surface area contributed by atoms with Gasteiger partial charge in [-0.3, -0.25) is 0 Å². The molecular formula is C15H20N2O3S. The number of aliphatic hydroxyl groups excluding tert-OH is 1. The summed E-state index contributed by atoms with van der Waals surface area (Å²) in [5.74, 6) is 0. The Bertz CT molecular complexity index is 618. The van der Waals surface area contributed by atoms with Crippen LogP contribution >= 0.6 is 0 Å². The molecule has 0 aromatic heterocycles. The molecule has 0 bridgehead atoms. The molecule has 21 heavy (non-hydrogen) atoms. The van der Waals surface area contributed by atoms with Crippen molar-refractivity contribution in [1.29, 1.82) is 5.26 Å². The highest BCUT2D eigenvalue weighted by Crippen LogP contribution is 2.35. The van der Waals surface area contributed by atoms with Crippen LogP contribution in [0.5, 0.6) is 0 Å². The molecule has 0 amide bonds. The first-order chi connectivity index (χ1) is 9.97. The van der Waals surface area contributed by atoms with Crippen LogP contribution < -0.4 is 0 Å². The van der Waals surface area contributed by atoms with Crippen LogP contribution in [0.25, 0.3) is 0 Å². The fourth-order valence-electron chi connectivity index (χ4n) is 2.67. The zero-order chi connectivity index (χ0) is 15.5. The van der Waals surface area contributed by atoms with Crippen molar-refractivity contribution in [1.82, 2.24) is 4.31 Å². The van der Waals surface area contributed by atoms with E-state index >= 15 is 0 Å². The van der Waals surface area contributed by atoms with Gasteiger partial charge in [-0.2, -0.15) is 9.57 Å². The Morgan fingerprint density at radius 2 is 1.86 bits per heavy atom. The van der Waals surface area contributed by atoms with Crippen molar-refractivity contribution in [3.05, 3.63) is 29.8 Å². The van der Waals surface area contributed by atoms with Crippen LogP contribution in [-0.4, -0.2) is 37.5 Å². The lowest BCUT2D eigenvalue weighted by Crippen LogP contribution is -2.44. The molecule has 1 aliphatic heterocycles. The fourth-order valence-corrected chi connectivity index (χ4v) is 4.12. The van der Waals surface area contributed by atoms with Crippen LogP contribution in [0.4, 0.5) is 0 Å². The Balaban J connectivity index is 2.16. The van der Waals surface area contributed by atoms with Crippen LogP contribution in [0, 0.1) is 16.7 Å². The van der Waals surface area contributed by atoms with E-state index in [0.29, 0.717) is 31.5 Å². The summed E-state index contributed by atoms with van der Waals surface area (Å²) in [5, 5.41) is 18.3. The van der Waals surface area contributed by atoms with Crippen molar-refractivity contribution in [3.63, 3.8) is 0 Å². The van der Waals surface area contributed by atoms with Gasteiger partial charge in [-0.15, -0.1) is 0 Å². The first-order valence-electron chi connectivity index (χ1n) is 7.09. The Hall–Kier alpha value is -1.42. The van der Waals surface area contributed by atoms with Crippen molar-refractivity contribution < 1.29 is 13.5 Å². The predicted molar refractivity (Wildman–Crippen MR) is 79.0 cm³/mol. The summed E-state index contributed by atoms with van der Waals surface area (Å²) in [6.45, 7) is 2.99. The van der Waals surface area contributed by atoms with Crippen LogP contribution in [0.15, 0.2) is 29.2 Å². The lowest BCUT2D eigenvalue weighted by Gasteiger charge is -2.39. The summed E-state index contributed by atoms with van der Waals surface area (Å²) in [7, 11) is -3.51. The van der Waals surface area contributed by atoms with Gasteiger partial charge in [0.2, 0.25) is 10.0 Å². The van der Waals surface area contributed by atoms with E-state index < -0.39 is 10.0 Å². The Kier molecular flexibility index (Phi) is 4.67. The van der Waals surface area contributed by atoms with Gasteiger partial charge in [-0.05, 0) is 48.9 Å². The number of nitrogens with zero attached hydrogens (tertiary/aromatic N) is 2. The van der Waals surface area contributed by atoms with E-state index in [4.69, 9.17) is 5.26 Å². The second-order valence-electron chi connectivity index (χ2n) is 5.55. The molecule has 1 N–H and O–H groups in total. The molecule has 6 heteroatoms. The van der Waals surface area contributed by atoms with Crippen LogP contribution in [0.3, 0.4) is 0 Å². The van der Waals surface area contributed by atoms with Gasteiger partial charge in [-0.25, -0.2) is 8.42 Å². The smallest absolute Gasteiger partial charge is 0.243 e. The van der Waals surface area contributed by atoms with Crippen LogP contribution in [-0.2, 0) is 10.0 Å². The van der Waals surface area contributed by atoms with E-state index in [2.05, 4.69) is 0 Å². The summed E-state index contributed by atoms with van der Waals surface area (Å²) in [6, 6.07) is 7.95. The lowest BCUT2D eigenvalue weighted by molar-refractivity contribution is 0.0647. The molecule has 0 saturated carbocycles. The molecule has 2 rings (SSSR count). The van der Waals surface area contributed by atoms with E-state index in [0.717, 1.165) is 6.42 Å². The number of piperidine rings is 1. The maximum atomic E-state index is 12.6.